The molecule has 0 aliphatic carbocycles. The molecule has 0 aliphatic heterocycles. The van der Waals surface area contributed by atoms with Gasteiger partial charge in [-0.25, -0.2) is 17.9 Å². The number of carbonyl (C=O) groups excluding carboxylic acids is 1. The maximum Gasteiger partial charge on any atom is 0.338 e. The normalized spacial score (nSPS) is 12.0. The first-order chi connectivity index (χ1) is 14.0. The van der Waals surface area contributed by atoms with Crippen molar-refractivity contribution in [2.24, 2.45) is 0 Å². The molecular weight excluding hydrogens is 408 g/mol. The zero-order valence-electron chi connectivity index (χ0n) is 17.0. The molecule has 0 spiro atoms. The van der Waals surface area contributed by atoms with E-state index in [0.29, 0.717) is 17.0 Å². The number of ether oxygens (including phenoxy) is 1. The monoisotopic (exact) mass is 430 g/mol. The number of aryl methyl sites for hydroxylation is 1. The molecule has 2 heterocycles. The second-order valence-corrected chi connectivity index (χ2v) is 9.34. The van der Waals surface area contributed by atoms with Crippen LogP contribution < -0.4 is 4.72 Å². The molecule has 30 heavy (non-hydrogen) atoms. The molecule has 0 saturated carbocycles. The molecule has 9 nitrogen and oxygen atoms in total. The minimum absolute atomic E-state index is 0.0216. The molecule has 0 amide bonds. The summed E-state index contributed by atoms with van der Waals surface area (Å²) in [6.07, 6.45) is 3.21. The van der Waals surface area contributed by atoms with Gasteiger partial charge >= 0.3 is 5.97 Å². The van der Waals surface area contributed by atoms with Gasteiger partial charge in [-0.15, -0.1) is 0 Å². The summed E-state index contributed by atoms with van der Waals surface area (Å²) in [5, 5.41) is 3.83. The van der Waals surface area contributed by atoms with Gasteiger partial charge in [-0.05, 0) is 57.5 Å². The zero-order chi connectivity index (χ0) is 21.9. The van der Waals surface area contributed by atoms with Crippen molar-refractivity contribution in [3.8, 4) is 11.4 Å². The van der Waals surface area contributed by atoms with Crippen LogP contribution >= 0.6 is 0 Å². The van der Waals surface area contributed by atoms with E-state index in [1.165, 1.54) is 12.1 Å². The van der Waals surface area contributed by atoms with E-state index in [1.807, 2.05) is 0 Å². The van der Waals surface area contributed by atoms with Crippen LogP contribution in [-0.4, -0.2) is 35.1 Å². The van der Waals surface area contributed by atoms with Gasteiger partial charge in [0.25, 0.3) is 5.89 Å². The van der Waals surface area contributed by atoms with Gasteiger partial charge in [0.15, 0.2) is 6.61 Å². The van der Waals surface area contributed by atoms with Gasteiger partial charge in [0.05, 0.1) is 10.5 Å². The summed E-state index contributed by atoms with van der Waals surface area (Å²) in [4.78, 5) is 20.7. The molecule has 0 unspecified atom stereocenters. The first-order valence-corrected chi connectivity index (χ1v) is 10.6. The lowest BCUT2D eigenvalue weighted by Gasteiger charge is -2.20. The van der Waals surface area contributed by atoms with Crippen molar-refractivity contribution >= 4 is 16.0 Å². The fourth-order valence-corrected chi connectivity index (χ4v) is 4.03. The smallest absolute Gasteiger partial charge is 0.338 e. The summed E-state index contributed by atoms with van der Waals surface area (Å²) < 4.78 is 38.0. The maximum atomic E-state index is 12.5. The highest BCUT2D eigenvalue weighted by atomic mass is 32.2. The fraction of sp³-hybridized carbons (Fsp3) is 0.300. The maximum absolute atomic E-state index is 12.5. The average molecular weight is 430 g/mol. The van der Waals surface area contributed by atoms with Gasteiger partial charge < -0.3 is 9.26 Å². The molecule has 0 atom stereocenters. The zero-order valence-corrected chi connectivity index (χ0v) is 17.9. The summed E-state index contributed by atoms with van der Waals surface area (Å²) >= 11 is 0. The standard InChI is InChI=1S/C20H22N4O5S/c1-13-7-8-15(30(26,27)24-20(2,3)4)10-16(13)19(25)28-12-17-22-18(23-29-17)14-6-5-9-21-11-14/h5-11,24H,12H2,1-4H3. The molecule has 1 aromatic carbocycles. The van der Waals surface area contributed by atoms with Crippen molar-refractivity contribution in [1.82, 2.24) is 19.8 Å². The number of benzene rings is 1. The van der Waals surface area contributed by atoms with Crippen LogP contribution in [0.3, 0.4) is 0 Å². The third-order valence-electron chi connectivity index (χ3n) is 3.89. The van der Waals surface area contributed by atoms with Gasteiger partial charge in [-0.3, -0.25) is 4.98 Å². The molecule has 0 aliphatic rings. The average Bonchev–Trinajstić information content (AvgIpc) is 3.14. The van der Waals surface area contributed by atoms with E-state index in [0.717, 1.165) is 0 Å². The SMILES string of the molecule is Cc1ccc(S(=O)(=O)NC(C)(C)C)cc1C(=O)OCc1nc(-c2cccnc2)no1. The fourth-order valence-electron chi connectivity index (χ4n) is 2.58. The molecule has 3 rings (SSSR count). The Morgan fingerprint density at radius 2 is 2.00 bits per heavy atom. The largest absolute Gasteiger partial charge is 0.452 e. The van der Waals surface area contributed by atoms with Crippen molar-refractivity contribution in [3.63, 3.8) is 0 Å². The van der Waals surface area contributed by atoms with Gasteiger partial charge in [0.1, 0.15) is 0 Å². The van der Waals surface area contributed by atoms with Crippen molar-refractivity contribution < 1.29 is 22.5 Å². The lowest BCUT2D eigenvalue weighted by atomic mass is 10.1. The molecule has 0 bridgehead atoms. The predicted octanol–water partition coefficient (Wildman–Crippen LogP) is 2.87. The molecule has 3 aromatic rings. The summed E-state index contributed by atoms with van der Waals surface area (Å²) in [6.45, 7) is 6.65. The van der Waals surface area contributed by atoms with Crippen molar-refractivity contribution in [1.29, 1.82) is 0 Å². The number of pyridine rings is 1. The lowest BCUT2D eigenvalue weighted by molar-refractivity contribution is 0.0428. The Morgan fingerprint density at radius 1 is 1.23 bits per heavy atom. The Labute approximate surface area is 174 Å². The quantitative estimate of drug-likeness (QED) is 0.592. The van der Waals surface area contributed by atoms with Crippen LogP contribution in [0.25, 0.3) is 11.4 Å². The van der Waals surface area contributed by atoms with Crippen LogP contribution in [-0.2, 0) is 21.4 Å². The molecule has 158 valence electrons. The highest BCUT2D eigenvalue weighted by Crippen LogP contribution is 2.19. The van der Waals surface area contributed by atoms with E-state index >= 15 is 0 Å². The number of hydrogen-bond donors (Lipinski definition) is 1. The molecule has 1 N–H and O–H groups in total. The van der Waals surface area contributed by atoms with Crippen LogP contribution in [0.15, 0.2) is 52.1 Å². The van der Waals surface area contributed by atoms with Crippen LogP contribution in [0.2, 0.25) is 0 Å². The Bertz CT molecular complexity index is 1150. The predicted molar refractivity (Wildman–Crippen MR) is 108 cm³/mol. The topological polar surface area (TPSA) is 124 Å². The van der Waals surface area contributed by atoms with Gasteiger partial charge in [-0.2, -0.15) is 4.98 Å². The van der Waals surface area contributed by atoms with Crippen molar-refractivity contribution in [2.45, 2.75) is 44.7 Å². The summed E-state index contributed by atoms with van der Waals surface area (Å²) in [6, 6.07) is 7.80. The number of sulfonamides is 1. The third-order valence-corrected chi connectivity index (χ3v) is 5.65. The number of hydrogen-bond acceptors (Lipinski definition) is 8. The number of esters is 1. The van der Waals surface area contributed by atoms with Crippen molar-refractivity contribution in [2.75, 3.05) is 0 Å². The third kappa shape index (κ3) is 5.28. The molecule has 0 radical (unpaired) electrons. The molecule has 2 aromatic heterocycles. The van der Waals surface area contributed by atoms with Gasteiger partial charge in [0, 0.05) is 23.5 Å². The van der Waals surface area contributed by atoms with Crippen LogP contribution in [0.5, 0.6) is 0 Å². The van der Waals surface area contributed by atoms with E-state index in [-0.39, 0.29) is 23.0 Å². The minimum atomic E-state index is -3.79. The van der Waals surface area contributed by atoms with E-state index in [4.69, 9.17) is 9.26 Å². The number of nitrogens with zero attached hydrogens (tertiary/aromatic N) is 3. The second-order valence-electron chi connectivity index (χ2n) is 7.66. The van der Waals surface area contributed by atoms with Crippen LogP contribution in [0, 0.1) is 6.92 Å². The van der Waals surface area contributed by atoms with E-state index < -0.39 is 21.5 Å². The molecule has 0 fully saturated rings. The number of nitrogens with one attached hydrogen (secondary N) is 1. The highest BCUT2D eigenvalue weighted by molar-refractivity contribution is 7.89. The molecule has 10 heteroatoms. The van der Waals surface area contributed by atoms with Crippen molar-refractivity contribution in [3.05, 3.63) is 59.7 Å². The number of aromatic nitrogens is 3. The Morgan fingerprint density at radius 3 is 2.67 bits per heavy atom. The lowest BCUT2D eigenvalue weighted by Crippen LogP contribution is -2.40. The van der Waals surface area contributed by atoms with Gasteiger partial charge in [-0.1, -0.05) is 11.2 Å². The summed E-state index contributed by atoms with van der Waals surface area (Å²) in [5.74, 6) is -0.258. The summed E-state index contributed by atoms with van der Waals surface area (Å²) in [7, 11) is -3.79. The summed E-state index contributed by atoms with van der Waals surface area (Å²) in [5.41, 5.74) is 0.725. The van der Waals surface area contributed by atoms with E-state index in [9.17, 15) is 13.2 Å². The van der Waals surface area contributed by atoms with E-state index in [2.05, 4.69) is 19.8 Å². The Kier molecular flexibility index (Phi) is 5.99. The highest BCUT2D eigenvalue weighted by Gasteiger charge is 2.24. The van der Waals surface area contributed by atoms with Gasteiger partial charge in [0.2, 0.25) is 15.8 Å². The number of rotatable bonds is 6. The second kappa shape index (κ2) is 8.33. The molecule has 0 saturated heterocycles. The van der Waals surface area contributed by atoms with Crippen LogP contribution in [0.4, 0.5) is 0 Å². The first kappa shape index (κ1) is 21.6. The Hall–Kier alpha value is -3.11. The molecular formula is C20H22N4O5S. The van der Waals surface area contributed by atoms with E-state index in [1.54, 1.807) is 58.3 Å². The minimum Gasteiger partial charge on any atom is -0.452 e. The first-order valence-electron chi connectivity index (χ1n) is 9.10. The number of carbonyl (C=O) groups is 1. The van der Waals surface area contributed by atoms with Crippen LogP contribution in [0.1, 0.15) is 42.6 Å². The Balaban J connectivity index is 1.74.